The van der Waals surface area contributed by atoms with Crippen molar-refractivity contribution in [1.29, 1.82) is 0 Å². The number of amides is 1. The van der Waals surface area contributed by atoms with Crippen LogP contribution < -0.4 is 11.1 Å². The number of ether oxygens (including phenoxy) is 1. The maximum Gasteiger partial charge on any atom is 0.240 e. The van der Waals surface area contributed by atoms with E-state index in [9.17, 15) is 4.79 Å². The van der Waals surface area contributed by atoms with Crippen LogP contribution in [-0.2, 0) is 9.53 Å². The number of hydrogen-bond donors (Lipinski definition) is 2. The average Bonchev–Trinajstić information content (AvgIpc) is 2.45. The number of nitrogens with zero attached hydrogens (tertiary/aromatic N) is 1. The van der Waals surface area contributed by atoms with E-state index >= 15 is 0 Å². The van der Waals surface area contributed by atoms with Crippen LogP contribution >= 0.6 is 0 Å². The fourth-order valence-corrected chi connectivity index (χ4v) is 3.13. The van der Waals surface area contributed by atoms with E-state index in [1.165, 1.54) is 12.8 Å². The van der Waals surface area contributed by atoms with E-state index in [2.05, 4.69) is 24.1 Å². The van der Waals surface area contributed by atoms with E-state index in [-0.39, 0.29) is 5.91 Å². The van der Waals surface area contributed by atoms with Gasteiger partial charge in [0.1, 0.15) is 0 Å². The fourth-order valence-electron chi connectivity index (χ4n) is 3.13. The van der Waals surface area contributed by atoms with Gasteiger partial charge in [-0.1, -0.05) is 6.92 Å². The molecule has 2 unspecified atom stereocenters. The quantitative estimate of drug-likeness (QED) is 0.798. The number of likely N-dealkylation sites (tertiary alicyclic amines) is 1. The lowest BCUT2D eigenvalue weighted by molar-refractivity contribution is -0.130. The maximum absolute atomic E-state index is 12.3. The summed E-state index contributed by atoms with van der Waals surface area (Å²) in [4.78, 5) is 14.7. The number of rotatable bonds is 4. The van der Waals surface area contributed by atoms with Crippen LogP contribution in [0.2, 0.25) is 0 Å². The van der Waals surface area contributed by atoms with Gasteiger partial charge in [-0.3, -0.25) is 9.69 Å². The van der Waals surface area contributed by atoms with Crippen molar-refractivity contribution in [3.63, 3.8) is 0 Å². The lowest BCUT2D eigenvalue weighted by Crippen LogP contribution is -2.58. The van der Waals surface area contributed by atoms with Crippen LogP contribution in [0.4, 0.5) is 0 Å². The molecule has 0 aromatic rings. The molecule has 2 heterocycles. The first-order chi connectivity index (χ1) is 9.51. The van der Waals surface area contributed by atoms with Crippen molar-refractivity contribution in [2.45, 2.75) is 51.1 Å². The summed E-state index contributed by atoms with van der Waals surface area (Å²) < 4.78 is 5.28. The van der Waals surface area contributed by atoms with Crippen molar-refractivity contribution in [2.24, 2.45) is 11.7 Å². The summed E-state index contributed by atoms with van der Waals surface area (Å²) in [6.07, 6.45) is 3.82. The second-order valence-corrected chi connectivity index (χ2v) is 6.57. The van der Waals surface area contributed by atoms with Crippen molar-refractivity contribution in [1.82, 2.24) is 10.2 Å². The van der Waals surface area contributed by atoms with Gasteiger partial charge in [-0.15, -0.1) is 0 Å². The molecule has 0 aromatic heterocycles. The molecule has 3 N–H and O–H groups in total. The standard InChI is InChI=1S/C15H29N3O2/c1-12-4-3-7-18(11-12)13(2)10-17-14(19)15(16)5-8-20-9-6-15/h12-13H,3-11,16H2,1-2H3,(H,17,19). The molecule has 2 aliphatic heterocycles. The molecule has 0 aliphatic carbocycles. The van der Waals surface area contributed by atoms with E-state index in [1.54, 1.807) is 0 Å². The summed E-state index contributed by atoms with van der Waals surface area (Å²) in [5.41, 5.74) is 5.45. The van der Waals surface area contributed by atoms with Crippen LogP contribution in [0.1, 0.15) is 39.5 Å². The topological polar surface area (TPSA) is 67.6 Å². The number of piperidine rings is 1. The SMILES string of the molecule is CC1CCCN(C(C)CNC(=O)C2(N)CCOCC2)C1. The Morgan fingerprint density at radius 1 is 1.50 bits per heavy atom. The zero-order chi connectivity index (χ0) is 14.6. The smallest absolute Gasteiger partial charge is 0.240 e. The molecular weight excluding hydrogens is 254 g/mol. The Morgan fingerprint density at radius 2 is 2.20 bits per heavy atom. The molecule has 0 saturated carbocycles. The molecule has 5 nitrogen and oxygen atoms in total. The number of carbonyl (C=O) groups excluding carboxylic acids is 1. The summed E-state index contributed by atoms with van der Waals surface area (Å²) in [6.45, 7) is 8.62. The third-order valence-corrected chi connectivity index (χ3v) is 4.71. The zero-order valence-electron chi connectivity index (χ0n) is 12.9. The molecule has 2 rings (SSSR count). The number of carbonyl (C=O) groups is 1. The van der Waals surface area contributed by atoms with Crippen molar-refractivity contribution >= 4 is 5.91 Å². The molecule has 0 radical (unpaired) electrons. The van der Waals surface area contributed by atoms with E-state index in [4.69, 9.17) is 10.5 Å². The third kappa shape index (κ3) is 3.93. The number of hydrogen-bond acceptors (Lipinski definition) is 4. The first-order valence-corrected chi connectivity index (χ1v) is 7.90. The Hall–Kier alpha value is -0.650. The molecule has 2 aliphatic rings. The first kappa shape index (κ1) is 15.7. The number of nitrogens with one attached hydrogen (secondary N) is 1. The molecule has 2 fully saturated rings. The van der Waals surface area contributed by atoms with Crippen molar-refractivity contribution < 1.29 is 9.53 Å². The highest BCUT2D eigenvalue weighted by Crippen LogP contribution is 2.19. The molecule has 0 aromatic carbocycles. The highest BCUT2D eigenvalue weighted by molar-refractivity contribution is 5.86. The van der Waals surface area contributed by atoms with Gasteiger partial charge < -0.3 is 15.8 Å². The summed E-state index contributed by atoms with van der Waals surface area (Å²) in [5, 5.41) is 3.04. The minimum Gasteiger partial charge on any atom is -0.381 e. The normalized spacial score (nSPS) is 28.9. The zero-order valence-corrected chi connectivity index (χ0v) is 12.9. The Kier molecular flexibility index (Phi) is 5.41. The van der Waals surface area contributed by atoms with Gasteiger partial charge in [0.05, 0.1) is 5.54 Å². The molecule has 2 saturated heterocycles. The lowest BCUT2D eigenvalue weighted by atomic mass is 9.90. The summed E-state index contributed by atoms with van der Waals surface area (Å²) in [5.74, 6) is 0.746. The van der Waals surface area contributed by atoms with Gasteiger partial charge in [0.25, 0.3) is 0 Å². The largest absolute Gasteiger partial charge is 0.381 e. The van der Waals surface area contributed by atoms with Crippen molar-refractivity contribution in [3.05, 3.63) is 0 Å². The maximum atomic E-state index is 12.3. The monoisotopic (exact) mass is 283 g/mol. The van der Waals surface area contributed by atoms with Crippen LogP contribution in [0, 0.1) is 5.92 Å². The Labute approximate surface area is 122 Å². The summed E-state index contributed by atoms with van der Waals surface area (Å²) in [6, 6.07) is 0.380. The van der Waals surface area contributed by atoms with Crippen LogP contribution in [0.3, 0.4) is 0 Å². The molecule has 2 atom stereocenters. The molecule has 1 amide bonds. The summed E-state index contributed by atoms with van der Waals surface area (Å²) in [7, 11) is 0. The highest BCUT2D eigenvalue weighted by atomic mass is 16.5. The van der Waals surface area contributed by atoms with Crippen LogP contribution in [0.25, 0.3) is 0 Å². The van der Waals surface area contributed by atoms with Gasteiger partial charge in [0.15, 0.2) is 0 Å². The Balaban J connectivity index is 1.77. The van der Waals surface area contributed by atoms with E-state index in [1.807, 2.05) is 0 Å². The molecule has 116 valence electrons. The third-order valence-electron chi connectivity index (χ3n) is 4.71. The van der Waals surface area contributed by atoms with Gasteiger partial charge in [-0.25, -0.2) is 0 Å². The van der Waals surface area contributed by atoms with Gasteiger partial charge >= 0.3 is 0 Å². The van der Waals surface area contributed by atoms with E-state index in [0.29, 0.717) is 38.6 Å². The highest BCUT2D eigenvalue weighted by Gasteiger charge is 2.36. The molecule has 20 heavy (non-hydrogen) atoms. The number of nitrogens with two attached hydrogens (primary N) is 1. The first-order valence-electron chi connectivity index (χ1n) is 7.90. The Morgan fingerprint density at radius 3 is 2.85 bits per heavy atom. The van der Waals surface area contributed by atoms with Gasteiger partial charge in [0.2, 0.25) is 5.91 Å². The second kappa shape index (κ2) is 6.87. The Bertz CT molecular complexity index is 329. The second-order valence-electron chi connectivity index (χ2n) is 6.57. The van der Waals surface area contributed by atoms with Crippen LogP contribution in [0.5, 0.6) is 0 Å². The predicted octanol–water partition coefficient (Wildman–Crippen LogP) is 0.731. The van der Waals surface area contributed by atoms with Crippen LogP contribution in [0.15, 0.2) is 0 Å². The van der Waals surface area contributed by atoms with Crippen molar-refractivity contribution in [2.75, 3.05) is 32.8 Å². The lowest BCUT2D eigenvalue weighted by Gasteiger charge is -2.37. The molecule has 5 heteroatoms. The average molecular weight is 283 g/mol. The van der Waals surface area contributed by atoms with Gasteiger partial charge in [-0.05, 0) is 45.1 Å². The van der Waals surface area contributed by atoms with Crippen molar-refractivity contribution in [3.8, 4) is 0 Å². The van der Waals surface area contributed by atoms with Gasteiger partial charge in [-0.2, -0.15) is 0 Å². The van der Waals surface area contributed by atoms with E-state index in [0.717, 1.165) is 19.0 Å². The predicted molar refractivity (Wildman–Crippen MR) is 79.4 cm³/mol. The molecule has 0 bridgehead atoms. The molecule has 0 spiro atoms. The minimum atomic E-state index is -0.729. The molecular formula is C15H29N3O2. The fraction of sp³-hybridized carbons (Fsp3) is 0.933. The summed E-state index contributed by atoms with van der Waals surface area (Å²) >= 11 is 0. The minimum absolute atomic E-state index is 0.0160. The van der Waals surface area contributed by atoms with E-state index < -0.39 is 5.54 Å². The van der Waals surface area contributed by atoms with Gasteiger partial charge in [0, 0.05) is 32.3 Å². The van der Waals surface area contributed by atoms with Crippen LogP contribution in [-0.4, -0.2) is 55.2 Å².